The molecule has 0 heterocycles. The number of nitrogens with one attached hydrogen (secondary N) is 1. The van der Waals surface area contributed by atoms with E-state index in [9.17, 15) is 14.4 Å². The first-order valence-corrected chi connectivity index (χ1v) is 6.52. The van der Waals surface area contributed by atoms with Gasteiger partial charge in [-0.25, -0.2) is 0 Å². The fourth-order valence-corrected chi connectivity index (χ4v) is 1.82. The van der Waals surface area contributed by atoms with E-state index in [1.54, 1.807) is 6.92 Å². The maximum absolute atomic E-state index is 12.1. The fourth-order valence-electron chi connectivity index (χ4n) is 1.82. The number of ether oxygens (including phenoxy) is 1. The lowest BCUT2D eigenvalue weighted by molar-refractivity contribution is -0.146. The molecule has 0 spiro atoms. The van der Waals surface area contributed by atoms with Crippen molar-refractivity contribution >= 4 is 17.7 Å². The number of esters is 1. The van der Waals surface area contributed by atoms with Crippen molar-refractivity contribution in [3.05, 3.63) is 35.9 Å². The van der Waals surface area contributed by atoms with E-state index in [0.29, 0.717) is 6.42 Å². The van der Waals surface area contributed by atoms with Gasteiger partial charge in [0.2, 0.25) is 5.91 Å². The van der Waals surface area contributed by atoms with E-state index >= 15 is 0 Å². The molecule has 0 fully saturated rings. The van der Waals surface area contributed by atoms with Crippen molar-refractivity contribution in [3.63, 3.8) is 0 Å². The van der Waals surface area contributed by atoms with Crippen LogP contribution < -0.4 is 5.32 Å². The number of Topliss-reactive ketones (excluding diaryl/α,β-unsaturated/α-hetero) is 1. The second kappa shape index (κ2) is 8.09. The molecule has 5 heteroatoms. The van der Waals surface area contributed by atoms with Crippen LogP contribution in [-0.4, -0.2) is 30.3 Å². The van der Waals surface area contributed by atoms with E-state index < -0.39 is 12.0 Å². The number of rotatable bonds is 7. The Labute approximate surface area is 118 Å². The summed E-state index contributed by atoms with van der Waals surface area (Å²) in [6.45, 7) is 3.25. The maximum atomic E-state index is 12.1. The van der Waals surface area contributed by atoms with Crippen molar-refractivity contribution in [1.29, 1.82) is 0 Å². The molecule has 1 rings (SSSR count). The Hall–Kier alpha value is -2.17. The van der Waals surface area contributed by atoms with E-state index in [0.717, 1.165) is 5.56 Å². The van der Waals surface area contributed by atoms with Crippen molar-refractivity contribution in [1.82, 2.24) is 5.32 Å². The number of carbonyl (C=O) groups excluding carboxylic acids is 3. The Morgan fingerprint density at radius 3 is 2.40 bits per heavy atom. The summed E-state index contributed by atoms with van der Waals surface area (Å²) in [6.07, 6.45) is 0.0320. The van der Waals surface area contributed by atoms with Gasteiger partial charge >= 0.3 is 5.97 Å². The Morgan fingerprint density at radius 2 is 1.85 bits per heavy atom. The molecular formula is C15H19NO4. The lowest BCUT2D eigenvalue weighted by atomic mass is 10.0. The van der Waals surface area contributed by atoms with Crippen LogP contribution in [0.2, 0.25) is 0 Å². The molecule has 0 unspecified atom stereocenters. The van der Waals surface area contributed by atoms with Crippen LogP contribution in [-0.2, 0) is 25.5 Å². The van der Waals surface area contributed by atoms with Gasteiger partial charge in [0, 0.05) is 6.92 Å². The minimum atomic E-state index is -0.709. The van der Waals surface area contributed by atoms with Crippen LogP contribution in [0.25, 0.3) is 0 Å². The third-order valence-electron chi connectivity index (χ3n) is 2.67. The molecule has 20 heavy (non-hydrogen) atoms. The first-order chi connectivity index (χ1) is 9.52. The summed E-state index contributed by atoms with van der Waals surface area (Å²) in [5.41, 5.74) is 0.920. The van der Waals surface area contributed by atoms with Crippen molar-refractivity contribution in [2.24, 2.45) is 0 Å². The second-order valence-corrected chi connectivity index (χ2v) is 4.39. The minimum Gasteiger partial charge on any atom is -0.466 e. The molecule has 0 aliphatic rings. The molecule has 108 valence electrons. The molecule has 5 nitrogen and oxygen atoms in total. The molecule has 0 aliphatic heterocycles. The van der Waals surface area contributed by atoms with E-state index in [1.165, 1.54) is 6.92 Å². The quantitative estimate of drug-likeness (QED) is 0.601. The second-order valence-electron chi connectivity index (χ2n) is 4.39. The number of amides is 1. The molecule has 0 aromatic heterocycles. The van der Waals surface area contributed by atoms with Crippen LogP contribution >= 0.6 is 0 Å². The molecule has 0 aliphatic carbocycles. The average Bonchev–Trinajstić information content (AvgIpc) is 2.38. The van der Waals surface area contributed by atoms with Crippen LogP contribution in [0.15, 0.2) is 30.3 Å². The fraction of sp³-hybridized carbons (Fsp3) is 0.400. The van der Waals surface area contributed by atoms with Crippen LogP contribution in [0.4, 0.5) is 0 Å². The molecule has 1 aromatic carbocycles. The summed E-state index contributed by atoms with van der Waals surface area (Å²) < 4.78 is 4.75. The summed E-state index contributed by atoms with van der Waals surface area (Å²) in [5, 5.41) is 2.58. The molecule has 1 aromatic rings. The smallest absolute Gasteiger partial charge is 0.313 e. The minimum absolute atomic E-state index is 0.232. The van der Waals surface area contributed by atoms with Gasteiger partial charge in [0.15, 0.2) is 5.78 Å². The van der Waals surface area contributed by atoms with E-state index in [-0.39, 0.29) is 24.7 Å². The largest absolute Gasteiger partial charge is 0.466 e. The van der Waals surface area contributed by atoms with E-state index in [2.05, 4.69) is 5.32 Å². The predicted molar refractivity (Wildman–Crippen MR) is 74.0 cm³/mol. The van der Waals surface area contributed by atoms with Gasteiger partial charge in [0.25, 0.3) is 0 Å². The Bertz CT molecular complexity index is 470. The zero-order valence-corrected chi connectivity index (χ0v) is 11.7. The zero-order valence-electron chi connectivity index (χ0n) is 11.7. The number of carbonyl (C=O) groups is 3. The number of benzene rings is 1. The summed E-state index contributed by atoms with van der Waals surface area (Å²) in [6, 6.07) is 8.61. The highest BCUT2D eigenvalue weighted by molar-refractivity contribution is 6.00. The van der Waals surface area contributed by atoms with Gasteiger partial charge in [-0.05, 0) is 18.9 Å². The SMILES string of the molecule is CCOC(=O)CC(=O)[C@H](Cc1ccccc1)NC(C)=O. The monoisotopic (exact) mass is 277 g/mol. The lowest BCUT2D eigenvalue weighted by Gasteiger charge is -2.16. The first kappa shape index (κ1) is 15.9. The lowest BCUT2D eigenvalue weighted by Crippen LogP contribution is -2.42. The highest BCUT2D eigenvalue weighted by Gasteiger charge is 2.22. The summed E-state index contributed by atoms with van der Waals surface area (Å²) in [7, 11) is 0. The van der Waals surface area contributed by atoms with Crippen LogP contribution in [0.3, 0.4) is 0 Å². The Morgan fingerprint density at radius 1 is 1.20 bits per heavy atom. The summed E-state index contributed by atoms with van der Waals surface area (Å²) >= 11 is 0. The number of hydrogen-bond donors (Lipinski definition) is 1. The van der Waals surface area contributed by atoms with Crippen LogP contribution in [0.1, 0.15) is 25.8 Å². The molecule has 0 saturated heterocycles. The van der Waals surface area contributed by atoms with Gasteiger partial charge < -0.3 is 10.1 Å². The van der Waals surface area contributed by atoms with Gasteiger partial charge in [0.1, 0.15) is 6.42 Å². The van der Waals surface area contributed by atoms with E-state index in [4.69, 9.17) is 4.74 Å². The summed E-state index contributed by atoms with van der Waals surface area (Å²) in [4.78, 5) is 34.6. The third-order valence-corrected chi connectivity index (χ3v) is 2.67. The maximum Gasteiger partial charge on any atom is 0.313 e. The normalized spacial score (nSPS) is 11.5. The van der Waals surface area contributed by atoms with Gasteiger partial charge in [-0.1, -0.05) is 30.3 Å². The highest BCUT2D eigenvalue weighted by Crippen LogP contribution is 2.06. The van der Waals surface area contributed by atoms with Crippen molar-refractivity contribution in [2.75, 3.05) is 6.61 Å². The Kier molecular flexibility index (Phi) is 6.43. The summed E-state index contributed by atoms with van der Waals surface area (Å²) in [5.74, 6) is -1.22. The number of ketones is 1. The van der Waals surface area contributed by atoms with Crippen molar-refractivity contribution in [3.8, 4) is 0 Å². The zero-order chi connectivity index (χ0) is 15.0. The van der Waals surface area contributed by atoms with Crippen LogP contribution in [0, 0.1) is 0 Å². The third kappa shape index (κ3) is 5.65. The van der Waals surface area contributed by atoms with Gasteiger partial charge in [-0.15, -0.1) is 0 Å². The number of hydrogen-bond acceptors (Lipinski definition) is 4. The topological polar surface area (TPSA) is 72.5 Å². The molecule has 1 N–H and O–H groups in total. The molecule has 1 atom stereocenters. The first-order valence-electron chi connectivity index (χ1n) is 6.52. The van der Waals surface area contributed by atoms with Crippen LogP contribution in [0.5, 0.6) is 0 Å². The molecule has 0 saturated carbocycles. The molecule has 1 amide bonds. The molecular weight excluding hydrogens is 258 g/mol. The highest BCUT2D eigenvalue weighted by atomic mass is 16.5. The standard InChI is InChI=1S/C15H19NO4/c1-3-20-15(19)10-14(18)13(16-11(2)17)9-12-7-5-4-6-8-12/h4-8,13H,3,9-10H2,1-2H3,(H,16,17)/t13-/m0/s1. The van der Waals surface area contributed by atoms with Crippen molar-refractivity contribution < 1.29 is 19.1 Å². The predicted octanol–water partition coefficient (Wildman–Crippen LogP) is 1.26. The Balaban J connectivity index is 2.70. The molecule has 0 radical (unpaired) electrons. The van der Waals surface area contributed by atoms with Gasteiger partial charge in [-0.2, -0.15) is 0 Å². The van der Waals surface area contributed by atoms with E-state index in [1.807, 2.05) is 30.3 Å². The van der Waals surface area contributed by atoms with Gasteiger partial charge in [-0.3, -0.25) is 14.4 Å². The van der Waals surface area contributed by atoms with Gasteiger partial charge in [0.05, 0.1) is 12.6 Å². The van der Waals surface area contributed by atoms with Crippen molar-refractivity contribution in [2.45, 2.75) is 32.7 Å². The molecule has 0 bridgehead atoms. The average molecular weight is 277 g/mol.